The van der Waals surface area contributed by atoms with Crippen LogP contribution in [0.2, 0.25) is 5.02 Å². The first kappa shape index (κ1) is 8.89. The monoisotopic (exact) mass is 195 g/mol. The molecule has 0 bridgehead atoms. The fourth-order valence-electron chi connectivity index (χ4n) is 1.70. The number of nitrogens with zero attached hydrogens (tertiary/aromatic N) is 1. The van der Waals surface area contributed by atoms with Gasteiger partial charge in [0.25, 0.3) is 0 Å². The van der Waals surface area contributed by atoms with Crippen molar-refractivity contribution in [2.45, 2.75) is 19.8 Å². The second-order valence-electron chi connectivity index (χ2n) is 3.47. The Morgan fingerprint density at radius 3 is 2.69 bits per heavy atom. The number of rotatable bonds is 2. The highest BCUT2D eigenvalue weighted by Gasteiger charge is 2.16. The lowest BCUT2D eigenvalue weighted by Gasteiger charge is -2.34. The van der Waals surface area contributed by atoms with Gasteiger partial charge in [-0.3, -0.25) is 0 Å². The molecule has 0 saturated carbocycles. The summed E-state index contributed by atoms with van der Waals surface area (Å²) in [7, 11) is 0. The fourth-order valence-corrected chi connectivity index (χ4v) is 1.90. The summed E-state index contributed by atoms with van der Waals surface area (Å²) >= 11 is 5.94. The number of hydrogen-bond acceptors (Lipinski definition) is 1. The van der Waals surface area contributed by atoms with Gasteiger partial charge < -0.3 is 4.90 Å². The van der Waals surface area contributed by atoms with Crippen LogP contribution in [0, 0.1) is 0 Å². The summed E-state index contributed by atoms with van der Waals surface area (Å²) in [4.78, 5) is 2.41. The van der Waals surface area contributed by atoms with Crippen LogP contribution in [-0.2, 0) is 6.42 Å². The predicted octanol–water partition coefficient (Wildman–Crippen LogP) is 3.11. The van der Waals surface area contributed by atoms with Gasteiger partial charge in [0.2, 0.25) is 0 Å². The third kappa shape index (κ3) is 1.66. The number of benzene rings is 1. The van der Waals surface area contributed by atoms with Crippen molar-refractivity contribution in [3.8, 4) is 0 Å². The molecule has 0 radical (unpaired) electrons. The van der Waals surface area contributed by atoms with Gasteiger partial charge in [0, 0.05) is 23.8 Å². The molecular weight excluding hydrogens is 182 g/mol. The molecule has 1 aromatic carbocycles. The van der Waals surface area contributed by atoms with E-state index in [9.17, 15) is 0 Å². The maximum Gasteiger partial charge on any atom is 0.0410 e. The van der Waals surface area contributed by atoms with Crippen LogP contribution in [0.25, 0.3) is 0 Å². The number of hydrogen-bond donors (Lipinski definition) is 0. The Hall–Kier alpha value is -0.690. The molecule has 0 aromatic heterocycles. The first-order valence-corrected chi connectivity index (χ1v) is 5.22. The third-order valence-electron chi connectivity index (χ3n) is 2.62. The minimum Gasteiger partial charge on any atom is -0.371 e. The maximum atomic E-state index is 5.94. The molecular formula is C11H14ClN. The Balaban J connectivity index is 2.32. The van der Waals surface area contributed by atoms with Gasteiger partial charge in [-0.15, -0.1) is 0 Å². The van der Waals surface area contributed by atoms with Crippen molar-refractivity contribution >= 4 is 17.3 Å². The Labute approximate surface area is 84.3 Å². The van der Waals surface area contributed by atoms with E-state index in [1.807, 2.05) is 6.07 Å². The molecule has 1 aliphatic rings. The third-order valence-corrected chi connectivity index (χ3v) is 2.85. The smallest absolute Gasteiger partial charge is 0.0410 e. The van der Waals surface area contributed by atoms with Gasteiger partial charge in [-0.25, -0.2) is 0 Å². The topological polar surface area (TPSA) is 3.24 Å². The van der Waals surface area contributed by atoms with Crippen LogP contribution in [0.3, 0.4) is 0 Å². The highest BCUT2D eigenvalue weighted by molar-refractivity contribution is 6.30. The van der Waals surface area contributed by atoms with Crippen molar-refractivity contribution in [1.29, 1.82) is 0 Å². The molecule has 1 aliphatic heterocycles. The van der Waals surface area contributed by atoms with Crippen LogP contribution >= 0.6 is 11.6 Å². The van der Waals surface area contributed by atoms with E-state index in [-0.39, 0.29) is 0 Å². The molecule has 0 amide bonds. The standard InChI is InChI=1S/C11H14ClN/c1-2-9-8-10(12)4-5-11(9)13-6-3-7-13/h4-5,8H,2-3,6-7H2,1H3. The SMILES string of the molecule is CCc1cc(Cl)ccc1N1CCC1. The first-order valence-electron chi connectivity index (χ1n) is 4.84. The van der Waals surface area contributed by atoms with Gasteiger partial charge in [-0.1, -0.05) is 18.5 Å². The van der Waals surface area contributed by atoms with Crippen molar-refractivity contribution in [2.75, 3.05) is 18.0 Å². The largest absolute Gasteiger partial charge is 0.371 e. The van der Waals surface area contributed by atoms with Crippen LogP contribution in [0.5, 0.6) is 0 Å². The molecule has 2 heteroatoms. The van der Waals surface area contributed by atoms with E-state index >= 15 is 0 Å². The van der Waals surface area contributed by atoms with Gasteiger partial charge in [-0.05, 0) is 36.6 Å². The number of halogens is 1. The summed E-state index contributed by atoms with van der Waals surface area (Å²) in [6.07, 6.45) is 2.39. The highest BCUT2D eigenvalue weighted by Crippen LogP contribution is 2.27. The summed E-state index contributed by atoms with van der Waals surface area (Å²) in [6.45, 7) is 4.58. The average Bonchev–Trinajstić information content (AvgIpc) is 2.05. The van der Waals surface area contributed by atoms with E-state index in [2.05, 4.69) is 24.0 Å². The lowest BCUT2D eigenvalue weighted by atomic mass is 10.1. The molecule has 0 atom stereocenters. The quantitative estimate of drug-likeness (QED) is 0.701. The molecule has 1 fully saturated rings. The van der Waals surface area contributed by atoms with E-state index in [4.69, 9.17) is 11.6 Å². The van der Waals surface area contributed by atoms with E-state index in [1.54, 1.807) is 0 Å². The van der Waals surface area contributed by atoms with E-state index in [0.717, 1.165) is 11.4 Å². The average molecular weight is 196 g/mol. The van der Waals surface area contributed by atoms with Crippen LogP contribution in [0.4, 0.5) is 5.69 Å². The zero-order chi connectivity index (χ0) is 9.26. The van der Waals surface area contributed by atoms with E-state index in [1.165, 1.54) is 30.8 Å². The lowest BCUT2D eigenvalue weighted by molar-refractivity contribution is 0.615. The minimum absolute atomic E-state index is 0.848. The van der Waals surface area contributed by atoms with Crippen LogP contribution in [0.1, 0.15) is 18.9 Å². The fraction of sp³-hybridized carbons (Fsp3) is 0.455. The Bertz CT molecular complexity index is 305. The summed E-state index contributed by atoms with van der Waals surface area (Å²) in [5.41, 5.74) is 2.74. The molecule has 13 heavy (non-hydrogen) atoms. The van der Waals surface area contributed by atoms with E-state index < -0.39 is 0 Å². The zero-order valence-electron chi connectivity index (χ0n) is 7.89. The molecule has 1 saturated heterocycles. The van der Waals surface area contributed by atoms with E-state index in [0.29, 0.717) is 0 Å². The molecule has 1 heterocycles. The molecule has 0 aliphatic carbocycles. The van der Waals surface area contributed by atoms with Crippen molar-refractivity contribution in [1.82, 2.24) is 0 Å². The molecule has 0 N–H and O–H groups in total. The van der Waals surface area contributed by atoms with Gasteiger partial charge in [0.05, 0.1) is 0 Å². The molecule has 70 valence electrons. The van der Waals surface area contributed by atoms with Gasteiger partial charge in [0.1, 0.15) is 0 Å². The highest BCUT2D eigenvalue weighted by atomic mass is 35.5. The van der Waals surface area contributed by atoms with Gasteiger partial charge >= 0.3 is 0 Å². The van der Waals surface area contributed by atoms with Crippen LogP contribution in [0.15, 0.2) is 18.2 Å². The lowest BCUT2D eigenvalue weighted by Crippen LogP contribution is -2.37. The van der Waals surface area contributed by atoms with Crippen LogP contribution in [-0.4, -0.2) is 13.1 Å². The molecule has 1 aromatic rings. The summed E-state index contributed by atoms with van der Waals surface area (Å²) in [5, 5.41) is 0.848. The normalized spacial score (nSPS) is 15.7. The van der Waals surface area contributed by atoms with Gasteiger partial charge in [-0.2, -0.15) is 0 Å². The summed E-state index contributed by atoms with van der Waals surface area (Å²) < 4.78 is 0. The molecule has 0 unspecified atom stereocenters. The molecule has 2 rings (SSSR count). The Kier molecular flexibility index (Phi) is 2.45. The van der Waals surface area contributed by atoms with Crippen molar-refractivity contribution in [3.05, 3.63) is 28.8 Å². The first-order chi connectivity index (χ1) is 6.31. The van der Waals surface area contributed by atoms with Gasteiger partial charge in [0.15, 0.2) is 0 Å². The summed E-state index contributed by atoms with van der Waals surface area (Å²) in [6, 6.07) is 6.20. The Morgan fingerprint density at radius 1 is 1.38 bits per heavy atom. The zero-order valence-corrected chi connectivity index (χ0v) is 8.64. The summed E-state index contributed by atoms with van der Waals surface area (Å²) in [5.74, 6) is 0. The predicted molar refractivity (Wildman–Crippen MR) is 57.7 cm³/mol. The molecule has 0 spiro atoms. The van der Waals surface area contributed by atoms with Crippen molar-refractivity contribution < 1.29 is 0 Å². The molecule has 1 nitrogen and oxygen atoms in total. The maximum absolute atomic E-state index is 5.94. The van der Waals surface area contributed by atoms with Crippen molar-refractivity contribution in [2.24, 2.45) is 0 Å². The second kappa shape index (κ2) is 3.59. The van der Waals surface area contributed by atoms with Crippen molar-refractivity contribution in [3.63, 3.8) is 0 Å². The number of aryl methyl sites for hydroxylation is 1. The second-order valence-corrected chi connectivity index (χ2v) is 3.90. The van der Waals surface area contributed by atoms with Crippen LogP contribution < -0.4 is 4.90 Å². The minimum atomic E-state index is 0.848. The Morgan fingerprint density at radius 2 is 2.15 bits per heavy atom. The number of anilines is 1.